The van der Waals surface area contributed by atoms with Crippen molar-refractivity contribution in [3.63, 3.8) is 0 Å². The molecule has 114 valence electrons. The van der Waals surface area contributed by atoms with Crippen LogP contribution in [0.5, 0.6) is 0 Å². The summed E-state index contributed by atoms with van der Waals surface area (Å²) < 4.78 is 39.1. The van der Waals surface area contributed by atoms with E-state index in [9.17, 15) is 18.0 Å². The van der Waals surface area contributed by atoms with E-state index in [4.69, 9.17) is 0 Å². The van der Waals surface area contributed by atoms with Crippen LogP contribution in [-0.2, 0) is 6.18 Å². The first-order valence-electron chi connectivity index (χ1n) is 7.06. The van der Waals surface area contributed by atoms with E-state index in [0.717, 1.165) is 38.2 Å². The molecule has 2 nitrogen and oxygen atoms in total. The molecule has 0 atom stereocenters. The van der Waals surface area contributed by atoms with Crippen molar-refractivity contribution in [3.05, 3.63) is 41.5 Å². The first-order valence-corrected chi connectivity index (χ1v) is 7.06. The fraction of sp³-hybridized carbons (Fsp3) is 0.438. The third kappa shape index (κ3) is 3.86. The smallest absolute Gasteiger partial charge is 0.349 e. The Bertz CT molecular complexity index is 531. The lowest BCUT2D eigenvalue weighted by Gasteiger charge is -2.23. The lowest BCUT2D eigenvalue weighted by Crippen LogP contribution is -2.37. The molecule has 0 aliphatic heterocycles. The summed E-state index contributed by atoms with van der Waals surface area (Å²) in [6.07, 6.45) is 1.67. The maximum absolute atomic E-state index is 13.0. The zero-order valence-electron chi connectivity index (χ0n) is 11.7. The monoisotopic (exact) mass is 297 g/mol. The maximum atomic E-state index is 13.0. The Hall–Kier alpha value is -1.78. The molecule has 1 fully saturated rings. The molecule has 0 saturated heterocycles. The van der Waals surface area contributed by atoms with Crippen molar-refractivity contribution in [1.29, 1.82) is 0 Å². The van der Waals surface area contributed by atoms with Gasteiger partial charge in [0.25, 0.3) is 5.91 Å². The summed E-state index contributed by atoms with van der Waals surface area (Å²) in [6, 6.07) is 3.47. The molecule has 1 aliphatic rings. The van der Waals surface area contributed by atoms with E-state index in [1.54, 1.807) is 0 Å². The lowest BCUT2D eigenvalue weighted by atomic mass is 9.94. The van der Waals surface area contributed by atoms with Crippen LogP contribution < -0.4 is 5.32 Å². The summed E-state index contributed by atoms with van der Waals surface area (Å²) in [4.78, 5) is 12.2. The van der Waals surface area contributed by atoms with Gasteiger partial charge in [0.15, 0.2) is 0 Å². The van der Waals surface area contributed by atoms with Gasteiger partial charge in [-0.2, -0.15) is 13.2 Å². The van der Waals surface area contributed by atoms with Crippen LogP contribution in [0.25, 0.3) is 6.08 Å². The van der Waals surface area contributed by atoms with Gasteiger partial charge in [0.2, 0.25) is 0 Å². The van der Waals surface area contributed by atoms with Gasteiger partial charge < -0.3 is 5.32 Å². The Morgan fingerprint density at radius 2 is 1.90 bits per heavy atom. The number of nitrogens with one attached hydrogen (secondary N) is 1. The number of carbonyl (C=O) groups excluding carboxylic acids is 1. The van der Waals surface area contributed by atoms with E-state index in [1.807, 2.05) is 0 Å². The molecule has 0 aromatic heterocycles. The van der Waals surface area contributed by atoms with Crippen molar-refractivity contribution >= 4 is 12.0 Å². The van der Waals surface area contributed by atoms with Crippen LogP contribution in [0, 0.1) is 0 Å². The topological polar surface area (TPSA) is 29.1 Å². The van der Waals surface area contributed by atoms with Crippen LogP contribution in [0.4, 0.5) is 13.2 Å². The predicted molar refractivity (Wildman–Crippen MR) is 75.9 cm³/mol. The third-order valence-electron chi connectivity index (χ3n) is 3.77. The molecule has 0 radical (unpaired) electrons. The number of alkyl halides is 3. The SMILES string of the molecule is C=Cc1ccc(C(F)(F)F)c(C(=O)NC2CCCCC2)c1. The van der Waals surface area contributed by atoms with Gasteiger partial charge in [0.1, 0.15) is 0 Å². The van der Waals surface area contributed by atoms with Gasteiger partial charge in [0.05, 0.1) is 11.1 Å². The molecule has 0 unspecified atom stereocenters. The highest BCUT2D eigenvalue weighted by Gasteiger charge is 2.35. The van der Waals surface area contributed by atoms with Gasteiger partial charge in [-0.25, -0.2) is 0 Å². The Morgan fingerprint density at radius 3 is 2.48 bits per heavy atom. The second kappa shape index (κ2) is 6.33. The Labute approximate surface area is 122 Å². The maximum Gasteiger partial charge on any atom is 0.417 e. The summed E-state index contributed by atoms with van der Waals surface area (Å²) in [5.41, 5.74) is -0.733. The van der Waals surface area contributed by atoms with Crippen LogP contribution in [0.2, 0.25) is 0 Å². The molecule has 0 bridgehead atoms. The molecule has 1 aliphatic carbocycles. The zero-order chi connectivity index (χ0) is 15.5. The number of rotatable bonds is 3. The van der Waals surface area contributed by atoms with Gasteiger partial charge in [0, 0.05) is 6.04 Å². The number of carbonyl (C=O) groups is 1. The molecule has 0 heterocycles. The molecule has 1 amide bonds. The largest absolute Gasteiger partial charge is 0.417 e. The van der Waals surface area contributed by atoms with Gasteiger partial charge in [-0.1, -0.05) is 38.0 Å². The number of benzene rings is 1. The highest BCUT2D eigenvalue weighted by molar-refractivity contribution is 5.96. The van der Waals surface area contributed by atoms with Crippen molar-refractivity contribution in [2.24, 2.45) is 0 Å². The average Bonchev–Trinajstić information content (AvgIpc) is 2.46. The third-order valence-corrected chi connectivity index (χ3v) is 3.77. The van der Waals surface area contributed by atoms with Crippen molar-refractivity contribution in [1.82, 2.24) is 5.32 Å². The molecule has 1 N–H and O–H groups in total. The van der Waals surface area contributed by atoms with E-state index >= 15 is 0 Å². The van der Waals surface area contributed by atoms with Crippen LogP contribution >= 0.6 is 0 Å². The van der Waals surface area contributed by atoms with Crippen molar-refractivity contribution in [2.45, 2.75) is 44.3 Å². The Kier molecular flexibility index (Phi) is 4.70. The first-order chi connectivity index (χ1) is 9.91. The average molecular weight is 297 g/mol. The van der Waals surface area contributed by atoms with Crippen LogP contribution in [0.15, 0.2) is 24.8 Å². The van der Waals surface area contributed by atoms with Gasteiger partial charge in [-0.3, -0.25) is 4.79 Å². The quantitative estimate of drug-likeness (QED) is 0.879. The second-order valence-corrected chi connectivity index (χ2v) is 5.32. The van der Waals surface area contributed by atoms with Crippen LogP contribution in [0.3, 0.4) is 0 Å². The highest BCUT2D eigenvalue weighted by atomic mass is 19.4. The summed E-state index contributed by atoms with van der Waals surface area (Å²) in [5, 5.41) is 2.73. The minimum atomic E-state index is -4.54. The van der Waals surface area contributed by atoms with Crippen LogP contribution in [0.1, 0.15) is 53.6 Å². The van der Waals surface area contributed by atoms with E-state index < -0.39 is 17.6 Å². The van der Waals surface area contributed by atoms with Crippen molar-refractivity contribution < 1.29 is 18.0 Å². The fourth-order valence-corrected chi connectivity index (χ4v) is 2.63. The van der Waals surface area contributed by atoms with Gasteiger partial charge in [-0.05, 0) is 30.5 Å². The van der Waals surface area contributed by atoms with E-state index in [2.05, 4.69) is 11.9 Å². The summed E-state index contributed by atoms with van der Waals surface area (Å²) in [5.74, 6) is -0.655. The molecule has 21 heavy (non-hydrogen) atoms. The Morgan fingerprint density at radius 1 is 1.24 bits per heavy atom. The summed E-state index contributed by atoms with van der Waals surface area (Å²) >= 11 is 0. The molecular formula is C16H18F3NO. The normalized spacial score (nSPS) is 16.5. The minimum absolute atomic E-state index is 0.0280. The summed E-state index contributed by atoms with van der Waals surface area (Å²) in [7, 11) is 0. The molecule has 0 spiro atoms. The molecule has 1 saturated carbocycles. The van der Waals surface area contributed by atoms with Crippen molar-refractivity contribution in [2.75, 3.05) is 0 Å². The molecule has 2 rings (SSSR count). The molecular weight excluding hydrogens is 279 g/mol. The minimum Gasteiger partial charge on any atom is -0.349 e. The number of halogens is 3. The second-order valence-electron chi connectivity index (χ2n) is 5.32. The molecule has 1 aromatic carbocycles. The lowest BCUT2D eigenvalue weighted by molar-refractivity contribution is -0.137. The van der Waals surface area contributed by atoms with E-state index in [0.29, 0.717) is 5.56 Å². The van der Waals surface area contributed by atoms with Crippen LogP contribution in [-0.4, -0.2) is 11.9 Å². The summed E-state index contributed by atoms with van der Waals surface area (Å²) in [6.45, 7) is 3.53. The standard InChI is InChI=1S/C16H18F3NO/c1-2-11-8-9-14(16(17,18)19)13(10-11)15(21)20-12-6-4-3-5-7-12/h2,8-10,12H,1,3-7H2,(H,20,21). The molecule has 1 aromatic rings. The number of hydrogen-bond acceptors (Lipinski definition) is 1. The van der Waals surface area contributed by atoms with Crippen molar-refractivity contribution in [3.8, 4) is 0 Å². The van der Waals surface area contributed by atoms with E-state index in [1.165, 1.54) is 18.2 Å². The highest BCUT2D eigenvalue weighted by Crippen LogP contribution is 2.33. The first kappa shape index (κ1) is 15.6. The number of hydrogen-bond donors (Lipinski definition) is 1. The predicted octanol–water partition coefficient (Wildman–Crippen LogP) is 4.41. The number of amides is 1. The fourth-order valence-electron chi connectivity index (χ4n) is 2.63. The Balaban J connectivity index is 2.26. The van der Waals surface area contributed by atoms with Gasteiger partial charge >= 0.3 is 6.18 Å². The van der Waals surface area contributed by atoms with E-state index in [-0.39, 0.29) is 11.6 Å². The van der Waals surface area contributed by atoms with Gasteiger partial charge in [-0.15, -0.1) is 0 Å². The molecule has 5 heteroatoms. The zero-order valence-corrected chi connectivity index (χ0v) is 11.7.